The summed E-state index contributed by atoms with van der Waals surface area (Å²) in [5, 5.41) is 1.01. The van der Waals surface area contributed by atoms with Crippen LogP contribution >= 0.6 is 34.8 Å². The molecule has 1 heterocycles. The number of benzene rings is 2. The normalized spacial score (nSPS) is 11.2. The van der Waals surface area contributed by atoms with Crippen molar-refractivity contribution in [2.24, 2.45) is 0 Å². The van der Waals surface area contributed by atoms with Crippen molar-refractivity contribution in [1.82, 2.24) is 9.55 Å². The Balaban J connectivity index is 2.37. The Morgan fingerprint density at radius 1 is 1.05 bits per heavy atom. The second-order valence-electron chi connectivity index (χ2n) is 4.23. The van der Waals surface area contributed by atoms with E-state index in [2.05, 4.69) is 4.98 Å². The number of fused-ring (bicyclic) bond motifs is 1. The van der Waals surface area contributed by atoms with Gasteiger partial charge in [0.1, 0.15) is 11.6 Å². The Kier molecular flexibility index (Phi) is 3.59. The molecule has 3 aromatic rings. The highest BCUT2D eigenvalue weighted by atomic mass is 35.5. The molecule has 6 heteroatoms. The van der Waals surface area contributed by atoms with Gasteiger partial charge in [0.15, 0.2) is 0 Å². The highest BCUT2D eigenvalue weighted by molar-refractivity contribution is 6.31. The molecule has 0 amide bonds. The Hall–Kier alpha value is -1.29. The summed E-state index contributed by atoms with van der Waals surface area (Å²) >= 11 is 17.8. The molecule has 0 saturated carbocycles. The van der Waals surface area contributed by atoms with Gasteiger partial charge >= 0.3 is 0 Å². The Labute approximate surface area is 129 Å². The van der Waals surface area contributed by atoms with Crippen LogP contribution in [0.3, 0.4) is 0 Å². The van der Waals surface area contributed by atoms with Crippen LogP contribution in [0.1, 0.15) is 5.82 Å². The number of hydrogen-bond acceptors (Lipinski definition) is 1. The van der Waals surface area contributed by atoms with Gasteiger partial charge in [0.05, 0.1) is 22.6 Å². The van der Waals surface area contributed by atoms with Crippen LogP contribution in [-0.4, -0.2) is 9.55 Å². The molecule has 0 atom stereocenters. The summed E-state index contributed by atoms with van der Waals surface area (Å²) in [6.45, 7) is 0. The molecule has 1 aromatic heterocycles. The minimum Gasteiger partial charge on any atom is -0.292 e. The number of imidazole rings is 1. The molecule has 2 nitrogen and oxygen atoms in total. The molecule has 0 saturated heterocycles. The first kappa shape index (κ1) is 13.7. The predicted octanol–water partition coefficient (Wildman–Crippen LogP) is 5.21. The number of nitrogens with zero attached hydrogens (tertiary/aromatic N) is 2. The topological polar surface area (TPSA) is 17.8 Å². The molecule has 102 valence electrons. The number of halogens is 4. The van der Waals surface area contributed by atoms with Gasteiger partial charge in [-0.3, -0.25) is 4.57 Å². The zero-order chi connectivity index (χ0) is 14.3. The van der Waals surface area contributed by atoms with Crippen molar-refractivity contribution in [1.29, 1.82) is 0 Å². The van der Waals surface area contributed by atoms with Crippen LogP contribution < -0.4 is 0 Å². The second-order valence-corrected chi connectivity index (χ2v) is 5.37. The molecular weight excluding hydrogens is 322 g/mol. The van der Waals surface area contributed by atoms with Crippen LogP contribution in [0.4, 0.5) is 4.39 Å². The van der Waals surface area contributed by atoms with Gasteiger partial charge < -0.3 is 0 Å². The average molecular weight is 330 g/mol. The van der Waals surface area contributed by atoms with E-state index in [4.69, 9.17) is 34.8 Å². The van der Waals surface area contributed by atoms with E-state index < -0.39 is 5.82 Å². The summed E-state index contributed by atoms with van der Waals surface area (Å²) in [5.41, 5.74) is 1.71. The van der Waals surface area contributed by atoms with Crippen molar-refractivity contribution < 1.29 is 4.39 Å². The first-order chi connectivity index (χ1) is 9.60. The van der Waals surface area contributed by atoms with Crippen molar-refractivity contribution in [2.45, 2.75) is 5.88 Å². The first-order valence-electron chi connectivity index (χ1n) is 5.78. The highest BCUT2D eigenvalue weighted by Crippen LogP contribution is 2.28. The fraction of sp³-hybridized carbons (Fsp3) is 0.0714. The number of rotatable bonds is 2. The van der Waals surface area contributed by atoms with E-state index in [-0.39, 0.29) is 5.88 Å². The lowest BCUT2D eigenvalue weighted by atomic mass is 10.2. The van der Waals surface area contributed by atoms with E-state index in [0.29, 0.717) is 27.1 Å². The fourth-order valence-electron chi connectivity index (χ4n) is 2.12. The van der Waals surface area contributed by atoms with Crippen LogP contribution in [0.15, 0.2) is 36.4 Å². The lowest BCUT2D eigenvalue weighted by Gasteiger charge is -2.09. The van der Waals surface area contributed by atoms with Crippen molar-refractivity contribution in [2.75, 3.05) is 0 Å². The van der Waals surface area contributed by atoms with Crippen LogP contribution in [-0.2, 0) is 5.88 Å². The number of hydrogen-bond donors (Lipinski definition) is 0. The van der Waals surface area contributed by atoms with E-state index in [0.717, 1.165) is 5.52 Å². The smallest absolute Gasteiger partial charge is 0.147 e. The molecule has 20 heavy (non-hydrogen) atoms. The summed E-state index contributed by atoms with van der Waals surface area (Å²) in [6.07, 6.45) is 0. The van der Waals surface area contributed by atoms with Gasteiger partial charge in [-0.05, 0) is 36.4 Å². The summed E-state index contributed by atoms with van der Waals surface area (Å²) < 4.78 is 15.7. The van der Waals surface area contributed by atoms with Gasteiger partial charge in [-0.15, -0.1) is 11.6 Å². The average Bonchev–Trinajstić information content (AvgIpc) is 2.78. The van der Waals surface area contributed by atoms with E-state index in [9.17, 15) is 4.39 Å². The molecule has 3 rings (SSSR count). The molecule has 0 fully saturated rings. The molecular formula is C14H8Cl3FN2. The van der Waals surface area contributed by atoms with Crippen molar-refractivity contribution in [3.63, 3.8) is 0 Å². The van der Waals surface area contributed by atoms with Crippen LogP contribution in [0.5, 0.6) is 0 Å². The van der Waals surface area contributed by atoms with Gasteiger partial charge in [0, 0.05) is 10.0 Å². The third-order valence-corrected chi connectivity index (χ3v) is 3.66. The monoisotopic (exact) mass is 328 g/mol. The zero-order valence-electron chi connectivity index (χ0n) is 10.1. The summed E-state index contributed by atoms with van der Waals surface area (Å²) in [5.74, 6) is 0.290. The number of aromatic nitrogens is 2. The Morgan fingerprint density at radius 3 is 2.50 bits per heavy atom. The van der Waals surface area contributed by atoms with Crippen LogP contribution in [0.2, 0.25) is 10.0 Å². The predicted molar refractivity (Wildman–Crippen MR) is 80.6 cm³/mol. The van der Waals surface area contributed by atoms with Gasteiger partial charge in [-0.1, -0.05) is 23.2 Å². The maximum absolute atomic E-state index is 14.1. The lowest BCUT2D eigenvalue weighted by Crippen LogP contribution is -2.02. The lowest BCUT2D eigenvalue weighted by molar-refractivity contribution is 0.618. The maximum Gasteiger partial charge on any atom is 0.147 e. The first-order valence-corrected chi connectivity index (χ1v) is 7.07. The van der Waals surface area contributed by atoms with Crippen LogP contribution in [0, 0.1) is 5.82 Å². The van der Waals surface area contributed by atoms with Crippen molar-refractivity contribution in [3.05, 3.63) is 58.1 Å². The minimum absolute atomic E-state index is 0.151. The van der Waals surface area contributed by atoms with E-state index in [1.807, 2.05) is 0 Å². The van der Waals surface area contributed by atoms with E-state index >= 15 is 0 Å². The van der Waals surface area contributed by atoms with Gasteiger partial charge in [-0.2, -0.15) is 0 Å². The highest BCUT2D eigenvalue weighted by Gasteiger charge is 2.15. The largest absolute Gasteiger partial charge is 0.292 e. The Morgan fingerprint density at radius 2 is 1.75 bits per heavy atom. The molecule has 0 bridgehead atoms. The van der Waals surface area contributed by atoms with Crippen molar-refractivity contribution in [3.8, 4) is 5.69 Å². The maximum atomic E-state index is 14.1. The Bertz CT molecular complexity index is 798. The quantitative estimate of drug-likeness (QED) is 0.590. The SMILES string of the molecule is Fc1ccc(Cl)cc1-n1c(CCl)nc2cc(Cl)ccc21. The molecule has 0 spiro atoms. The number of alkyl halides is 1. The van der Waals surface area contributed by atoms with Crippen molar-refractivity contribution >= 4 is 45.8 Å². The summed E-state index contributed by atoms with van der Waals surface area (Å²) in [7, 11) is 0. The summed E-state index contributed by atoms with van der Waals surface area (Å²) in [4.78, 5) is 4.38. The zero-order valence-corrected chi connectivity index (χ0v) is 12.3. The van der Waals surface area contributed by atoms with Gasteiger partial charge in [0.2, 0.25) is 0 Å². The third kappa shape index (κ3) is 2.26. The molecule has 0 aliphatic heterocycles. The fourth-order valence-corrected chi connectivity index (χ4v) is 2.63. The summed E-state index contributed by atoms with van der Waals surface area (Å²) in [6, 6.07) is 9.58. The van der Waals surface area contributed by atoms with Gasteiger partial charge in [-0.25, -0.2) is 9.37 Å². The molecule has 2 aromatic carbocycles. The van der Waals surface area contributed by atoms with E-state index in [1.54, 1.807) is 28.8 Å². The van der Waals surface area contributed by atoms with E-state index in [1.165, 1.54) is 12.1 Å². The molecule has 0 N–H and O–H groups in total. The molecule has 0 radical (unpaired) electrons. The second kappa shape index (κ2) is 5.24. The molecule has 0 aliphatic rings. The molecule has 0 aliphatic carbocycles. The van der Waals surface area contributed by atoms with Crippen LogP contribution in [0.25, 0.3) is 16.7 Å². The molecule has 0 unspecified atom stereocenters. The minimum atomic E-state index is -0.394. The third-order valence-electron chi connectivity index (χ3n) is 2.95. The standard InChI is InChI=1S/C14H8Cl3FN2/c15-7-14-19-11-5-8(16)2-4-12(11)20(14)13-6-9(17)1-3-10(13)18/h1-6H,7H2. The van der Waals surface area contributed by atoms with Gasteiger partial charge in [0.25, 0.3) is 0 Å².